The normalized spacial score (nSPS) is 22.9. The van der Waals surface area contributed by atoms with Crippen LogP contribution in [-0.2, 0) is 4.79 Å². The molecule has 0 heterocycles. The molecule has 0 N–H and O–H groups in total. The minimum Gasteiger partial charge on any atom is -0.303 e. The van der Waals surface area contributed by atoms with E-state index in [0.29, 0.717) is 12.2 Å². The van der Waals surface area contributed by atoms with Crippen LogP contribution >= 0.6 is 0 Å². The van der Waals surface area contributed by atoms with E-state index in [1.807, 2.05) is 0 Å². The highest BCUT2D eigenvalue weighted by Gasteiger charge is 2.16. The van der Waals surface area contributed by atoms with Crippen LogP contribution in [-0.4, -0.2) is 6.29 Å². The molecule has 0 bridgehead atoms. The summed E-state index contributed by atoms with van der Waals surface area (Å²) in [5.41, 5.74) is 0. The van der Waals surface area contributed by atoms with Gasteiger partial charge in [-0.15, -0.1) is 0 Å². The molecular formula is C6HO. The molecule has 0 aromatic heterocycles. The molecule has 0 aliphatic heterocycles. The molecule has 1 aliphatic carbocycles. The van der Waals surface area contributed by atoms with Gasteiger partial charge in [0.2, 0.25) is 0 Å². The Bertz CT molecular complexity index is 62.6. The maximum absolute atomic E-state index is 9.77. The largest absolute Gasteiger partial charge is 0.303 e. The van der Waals surface area contributed by atoms with Crippen LogP contribution in [0.4, 0.5) is 0 Å². The van der Waals surface area contributed by atoms with Gasteiger partial charge in [-0.05, 0) is 0 Å². The second kappa shape index (κ2) is 2.10. The van der Waals surface area contributed by atoms with Crippen LogP contribution in [0.1, 0.15) is 0 Å². The zero-order valence-electron chi connectivity index (χ0n) is 3.49. The molecule has 9 radical (unpaired) electrons. The van der Waals surface area contributed by atoms with Crippen molar-refractivity contribution in [2.24, 2.45) is 0 Å². The van der Waals surface area contributed by atoms with Crippen LogP contribution in [0.5, 0.6) is 0 Å². The molecular weight excluding hydrogens is 88.1 g/mol. The van der Waals surface area contributed by atoms with Crippen molar-refractivity contribution >= 4 is 6.29 Å². The van der Waals surface area contributed by atoms with Crippen molar-refractivity contribution in [3.8, 4) is 0 Å². The third-order valence-corrected chi connectivity index (χ3v) is 0.575. The highest BCUT2D eigenvalue weighted by Crippen LogP contribution is 2.19. The predicted octanol–water partition coefficient (Wildman–Crippen LogP) is 0.0985. The van der Waals surface area contributed by atoms with Crippen LogP contribution in [0.15, 0.2) is 0 Å². The minimum atomic E-state index is 0.389. The Hall–Kier alpha value is -0.330. The predicted molar refractivity (Wildman–Crippen MR) is 22.3 cm³/mol. The maximum Gasteiger partial charge on any atom is 0.128 e. The number of aldehydes is 1. The molecule has 0 saturated heterocycles. The Labute approximate surface area is 43.7 Å². The van der Waals surface area contributed by atoms with E-state index < -0.39 is 0 Å². The summed E-state index contributed by atoms with van der Waals surface area (Å²) in [6.45, 7) is 0. The van der Waals surface area contributed by atoms with Gasteiger partial charge in [-0.3, -0.25) is 0 Å². The summed E-state index contributed by atoms with van der Waals surface area (Å²) in [5, 5.41) is 0. The van der Waals surface area contributed by atoms with Gasteiger partial charge in [0.05, 0.1) is 5.92 Å². The topological polar surface area (TPSA) is 17.1 Å². The number of carbonyl (C=O) groups excluding carboxylic acids is 1. The number of hydrogen-bond donors (Lipinski definition) is 0. The Kier molecular flexibility index (Phi) is 1.45. The van der Waals surface area contributed by atoms with Gasteiger partial charge in [0.15, 0.2) is 0 Å². The SMILES string of the molecule is O=C[C]1[C][C][C][C]1. The maximum atomic E-state index is 9.77. The fourth-order valence-electron chi connectivity index (χ4n) is 0.287. The summed E-state index contributed by atoms with van der Waals surface area (Å²) < 4.78 is 0. The molecule has 0 aromatic rings. The van der Waals surface area contributed by atoms with Gasteiger partial charge in [0.1, 0.15) is 6.29 Å². The third-order valence-electron chi connectivity index (χ3n) is 0.575. The third kappa shape index (κ3) is 1.02. The van der Waals surface area contributed by atoms with Crippen LogP contribution < -0.4 is 0 Å². The van der Waals surface area contributed by atoms with E-state index in [-0.39, 0.29) is 0 Å². The molecule has 1 rings (SSSR count). The number of carbonyl (C=O) groups is 1. The van der Waals surface area contributed by atoms with Crippen LogP contribution in [0, 0.1) is 31.6 Å². The monoisotopic (exact) mass is 89.0 g/mol. The van der Waals surface area contributed by atoms with Gasteiger partial charge in [0, 0.05) is 25.7 Å². The highest BCUT2D eigenvalue weighted by molar-refractivity contribution is 5.78. The van der Waals surface area contributed by atoms with Gasteiger partial charge in [-0.1, -0.05) is 0 Å². The lowest BCUT2D eigenvalue weighted by Crippen LogP contribution is -1.89. The number of hydrogen-bond acceptors (Lipinski definition) is 1. The first-order valence-corrected chi connectivity index (χ1v) is 1.77. The average Bonchev–Trinajstić information content (AvgIpc) is 2.14. The fourth-order valence-corrected chi connectivity index (χ4v) is 0.287. The first-order valence-electron chi connectivity index (χ1n) is 1.77. The van der Waals surface area contributed by atoms with Crippen molar-refractivity contribution in [1.29, 1.82) is 0 Å². The number of rotatable bonds is 1. The van der Waals surface area contributed by atoms with Crippen molar-refractivity contribution in [1.82, 2.24) is 0 Å². The summed E-state index contributed by atoms with van der Waals surface area (Å²) in [4.78, 5) is 9.77. The molecule has 0 amide bonds. The van der Waals surface area contributed by atoms with Gasteiger partial charge >= 0.3 is 0 Å². The highest BCUT2D eigenvalue weighted by atomic mass is 16.1. The summed E-state index contributed by atoms with van der Waals surface area (Å²) in [6.07, 6.45) is 10.5. The molecule has 0 unspecified atom stereocenters. The molecule has 0 aromatic carbocycles. The summed E-state index contributed by atoms with van der Waals surface area (Å²) >= 11 is 0. The Morgan fingerprint density at radius 1 is 1.29 bits per heavy atom. The molecule has 0 atom stereocenters. The van der Waals surface area contributed by atoms with Gasteiger partial charge < -0.3 is 4.79 Å². The van der Waals surface area contributed by atoms with Crippen molar-refractivity contribution in [3.05, 3.63) is 31.6 Å². The lowest BCUT2D eigenvalue weighted by molar-refractivity contribution is -0.105. The summed E-state index contributed by atoms with van der Waals surface area (Å²) in [5.74, 6) is 0.389. The Morgan fingerprint density at radius 2 is 1.86 bits per heavy atom. The van der Waals surface area contributed by atoms with Crippen LogP contribution in [0.2, 0.25) is 0 Å². The summed E-state index contributed by atoms with van der Waals surface area (Å²) in [6, 6.07) is 0. The standard InChI is InChI=1S/C6HO/c7-5-6-3-1-2-4-6/h5H. The molecule has 1 nitrogen and oxygen atoms in total. The van der Waals surface area contributed by atoms with Gasteiger partial charge in [-0.2, -0.15) is 0 Å². The molecule has 31 valence electrons. The van der Waals surface area contributed by atoms with E-state index in [2.05, 4.69) is 25.7 Å². The minimum absolute atomic E-state index is 0.389. The lowest BCUT2D eigenvalue weighted by Gasteiger charge is -1.86. The van der Waals surface area contributed by atoms with Crippen molar-refractivity contribution in [2.75, 3.05) is 0 Å². The second-order valence-electron chi connectivity index (χ2n) is 1.03. The van der Waals surface area contributed by atoms with E-state index >= 15 is 0 Å². The lowest BCUT2D eigenvalue weighted by atomic mass is 10.1. The molecule has 1 fully saturated rings. The molecule has 1 heteroatoms. The van der Waals surface area contributed by atoms with Gasteiger partial charge in [0.25, 0.3) is 0 Å². The molecule has 7 heavy (non-hydrogen) atoms. The molecule has 1 saturated carbocycles. The van der Waals surface area contributed by atoms with Gasteiger partial charge in [-0.25, -0.2) is 0 Å². The first kappa shape index (κ1) is 4.82. The van der Waals surface area contributed by atoms with Crippen molar-refractivity contribution in [3.63, 3.8) is 0 Å². The van der Waals surface area contributed by atoms with E-state index in [1.165, 1.54) is 0 Å². The van der Waals surface area contributed by atoms with E-state index in [9.17, 15) is 4.79 Å². The zero-order chi connectivity index (χ0) is 5.11. The smallest absolute Gasteiger partial charge is 0.128 e. The molecule has 1 aliphatic rings. The molecule has 0 spiro atoms. The van der Waals surface area contributed by atoms with E-state index in [1.54, 1.807) is 0 Å². The van der Waals surface area contributed by atoms with Crippen molar-refractivity contribution in [2.45, 2.75) is 0 Å². The van der Waals surface area contributed by atoms with E-state index in [0.717, 1.165) is 0 Å². The zero-order valence-corrected chi connectivity index (χ0v) is 3.49. The van der Waals surface area contributed by atoms with Crippen molar-refractivity contribution < 1.29 is 4.79 Å². The van der Waals surface area contributed by atoms with E-state index in [4.69, 9.17) is 0 Å². The van der Waals surface area contributed by atoms with Crippen LogP contribution in [0.3, 0.4) is 0 Å². The second-order valence-corrected chi connectivity index (χ2v) is 1.03. The Morgan fingerprint density at radius 3 is 2.14 bits per heavy atom. The Balaban J connectivity index is 2.26. The quantitative estimate of drug-likeness (QED) is 0.416. The first-order chi connectivity index (χ1) is 3.43. The van der Waals surface area contributed by atoms with Crippen LogP contribution in [0.25, 0.3) is 0 Å². The average molecular weight is 89.1 g/mol. The summed E-state index contributed by atoms with van der Waals surface area (Å²) in [7, 11) is 0. The fraction of sp³-hybridized carbons (Fsp3) is 0.